The third-order valence-electron chi connectivity index (χ3n) is 2.96. The van der Waals surface area contributed by atoms with E-state index in [4.69, 9.17) is 9.47 Å². The summed E-state index contributed by atoms with van der Waals surface area (Å²) in [4.78, 5) is 25.4. The summed E-state index contributed by atoms with van der Waals surface area (Å²) in [6.45, 7) is 8.33. The predicted molar refractivity (Wildman–Crippen MR) is 71.8 cm³/mol. The summed E-state index contributed by atoms with van der Waals surface area (Å²) >= 11 is 0. The van der Waals surface area contributed by atoms with Crippen molar-refractivity contribution in [3.05, 3.63) is 0 Å². The van der Waals surface area contributed by atoms with Crippen LogP contribution in [0.1, 0.15) is 53.4 Å². The van der Waals surface area contributed by atoms with Crippen LogP contribution in [0, 0.1) is 0 Å². The number of nitrogens with zero attached hydrogens (tertiary/aromatic N) is 1. The zero-order chi connectivity index (χ0) is 14.5. The fourth-order valence-electron chi connectivity index (χ4n) is 2.19. The molecule has 1 rings (SSSR count). The van der Waals surface area contributed by atoms with E-state index >= 15 is 0 Å². The molecule has 0 aliphatic carbocycles. The SMILES string of the molecule is CCOC(=O)C[C@H]1CCCCN1C(=O)OC(C)(C)C. The quantitative estimate of drug-likeness (QED) is 0.741. The van der Waals surface area contributed by atoms with Crippen molar-refractivity contribution in [3.8, 4) is 0 Å². The normalized spacial score (nSPS) is 20.0. The van der Waals surface area contributed by atoms with Crippen LogP contribution in [0.15, 0.2) is 0 Å². The minimum absolute atomic E-state index is 0.0948. The first kappa shape index (κ1) is 15.8. The first-order valence-corrected chi connectivity index (χ1v) is 6.98. The van der Waals surface area contributed by atoms with Gasteiger partial charge < -0.3 is 14.4 Å². The van der Waals surface area contributed by atoms with Crippen LogP contribution in [-0.4, -0.2) is 41.8 Å². The Hall–Kier alpha value is -1.26. The molecule has 0 spiro atoms. The summed E-state index contributed by atoms with van der Waals surface area (Å²) in [6, 6.07) is -0.0948. The largest absolute Gasteiger partial charge is 0.466 e. The lowest BCUT2D eigenvalue weighted by molar-refractivity contribution is -0.144. The van der Waals surface area contributed by atoms with E-state index in [1.807, 2.05) is 20.8 Å². The summed E-state index contributed by atoms with van der Waals surface area (Å²) in [5, 5.41) is 0. The van der Waals surface area contributed by atoms with Crippen LogP contribution in [0.5, 0.6) is 0 Å². The number of hydrogen-bond acceptors (Lipinski definition) is 4. The number of piperidine rings is 1. The van der Waals surface area contributed by atoms with Crippen molar-refractivity contribution in [2.75, 3.05) is 13.2 Å². The molecule has 0 saturated carbocycles. The lowest BCUT2D eigenvalue weighted by Gasteiger charge is -2.36. The number of amides is 1. The van der Waals surface area contributed by atoms with E-state index < -0.39 is 5.60 Å². The molecule has 5 nitrogen and oxygen atoms in total. The first-order valence-electron chi connectivity index (χ1n) is 6.98. The molecule has 1 fully saturated rings. The maximum absolute atomic E-state index is 12.1. The zero-order valence-electron chi connectivity index (χ0n) is 12.4. The lowest BCUT2D eigenvalue weighted by atomic mass is 10.00. The standard InChI is InChI=1S/C14H25NO4/c1-5-18-12(16)10-11-8-6-7-9-15(11)13(17)19-14(2,3)4/h11H,5-10H2,1-4H3/t11-/m1/s1. The lowest BCUT2D eigenvalue weighted by Crippen LogP contribution is -2.47. The molecule has 1 heterocycles. The molecule has 0 bridgehead atoms. The fraction of sp³-hybridized carbons (Fsp3) is 0.857. The van der Waals surface area contributed by atoms with Gasteiger partial charge in [-0.1, -0.05) is 0 Å². The van der Waals surface area contributed by atoms with Gasteiger partial charge in [-0.3, -0.25) is 4.79 Å². The summed E-state index contributed by atoms with van der Waals surface area (Å²) in [7, 11) is 0. The van der Waals surface area contributed by atoms with Crippen molar-refractivity contribution in [1.29, 1.82) is 0 Å². The van der Waals surface area contributed by atoms with E-state index in [1.165, 1.54) is 0 Å². The van der Waals surface area contributed by atoms with Gasteiger partial charge in [0.2, 0.25) is 0 Å². The molecular weight excluding hydrogens is 246 g/mol. The Balaban J connectivity index is 2.61. The Morgan fingerprint density at radius 1 is 1.26 bits per heavy atom. The van der Waals surface area contributed by atoms with Crippen molar-refractivity contribution >= 4 is 12.1 Å². The van der Waals surface area contributed by atoms with Gasteiger partial charge in [-0.05, 0) is 47.0 Å². The molecular formula is C14H25NO4. The molecule has 1 aliphatic heterocycles. The number of esters is 1. The molecule has 1 amide bonds. The molecule has 1 aliphatic rings. The predicted octanol–water partition coefficient (Wildman–Crippen LogP) is 2.73. The zero-order valence-corrected chi connectivity index (χ0v) is 12.4. The number of carbonyl (C=O) groups is 2. The Kier molecular flexibility index (Phi) is 5.63. The highest BCUT2D eigenvalue weighted by Gasteiger charge is 2.31. The third kappa shape index (κ3) is 5.49. The highest BCUT2D eigenvalue weighted by atomic mass is 16.6. The van der Waals surface area contributed by atoms with Crippen LogP contribution < -0.4 is 0 Å². The Morgan fingerprint density at radius 2 is 1.95 bits per heavy atom. The van der Waals surface area contributed by atoms with Crippen molar-refractivity contribution in [3.63, 3.8) is 0 Å². The van der Waals surface area contributed by atoms with Gasteiger partial charge in [0, 0.05) is 12.6 Å². The molecule has 0 aromatic rings. The summed E-state index contributed by atoms with van der Waals surface area (Å²) < 4.78 is 10.3. The molecule has 0 unspecified atom stereocenters. The van der Waals surface area contributed by atoms with Crippen molar-refractivity contribution in [2.45, 2.75) is 65.0 Å². The number of likely N-dealkylation sites (tertiary alicyclic amines) is 1. The highest BCUT2D eigenvalue weighted by Crippen LogP contribution is 2.22. The van der Waals surface area contributed by atoms with Gasteiger partial charge in [-0.25, -0.2) is 4.79 Å². The third-order valence-corrected chi connectivity index (χ3v) is 2.96. The van der Waals surface area contributed by atoms with Crippen LogP contribution in [0.3, 0.4) is 0 Å². The average Bonchev–Trinajstić information content (AvgIpc) is 2.27. The van der Waals surface area contributed by atoms with Crippen LogP contribution >= 0.6 is 0 Å². The molecule has 110 valence electrons. The molecule has 1 atom stereocenters. The second-order valence-electron chi connectivity index (χ2n) is 5.83. The number of carbonyl (C=O) groups excluding carboxylic acids is 2. The molecule has 0 radical (unpaired) electrons. The topological polar surface area (TPSA) is 55.8 Å². The van der Waals surface area contributed by atoms with Crippen molar-refractivity contribution < 1.29 is 19.1 Å². The van der Waals surface area contributed by atoms with Crippen LogP contribution in [0.4, 0.5) is 4.79 Å². The van der Waals surface area contributed by atoms with Gasteiger partial charge in [-0.15, -0.1) is 0 Å². The number of ether oxygens (including phenoxy) is 2. The molecule has 19 heavy (non-hydrogen) atoms. The van der Waals surface area contributed by atoms with Crippen molar-refractivity contribution in [1.82, 2.24) is 4.90 Å². The maximum Gasteiger partial charge on any atom is 0.410 e. The second kappa shape index (κ2) is 6.78. The monoisotopic (exact) mass is 271 g/mol. The van der Waals surface area contributed by atoms with Gasteiger partial charge in [0.1, 0.15) is 5.60 Å². The van der Waals surface area contributed by atoms with E-state index in [-0.39, 0.29) is 24.5 Å². The van der Waals surface area contributed by atoms with E-state index in [1.54, 1.807) is 11.8 Å². The van der Waals surface area contributed by atoms with Crippen molar-refractivity contribution in [2.24, 2.45) is 0 Å². The van der Waals surface area contributed by atoms with Crippen LogP contribution in [0.2, 0.25) is 0 Å². The first-order chi connectivity index (χ1) is 8.83. The minimum Gasteiger partial charge on any atom is -0.466 e. The Morgan fingerprint density at radius 3 is 2.53 bits per heavy atom. The molecule has 0 aromatic carbocycles. The minimum atomic E-state index is -0.511. The Labute approximate surface area is 115 Å². The molecule has 0 N–H and O–H groups in total. The van der Waals surface area contributed by atoms with E-state index in [0.29, 0.717) is 13.2 Å². The number of hydrogen-bond donors (Lipinski definition) is 0. The average molecular weight is 271 g/mol. The smallest absolute Gasteiger partial charge is 0.410 e. The molecule has 1 saturated heterocycles. The second-order valence-corrected chi connectivity index (χ2v) is 5.83. The van der Waals surface area contributed by atoms with Gasteiger partial charge in [0.25, 0.3) is 0 Å². The fourth-order valence-corrected chi connectivity index (χ4v) is 2.19. The molecule has 5 heteroatoms. The van der Waals surface area contributed by atoms with E-state index in [2.05, 4.69) is 0 Å². The van der Waals surface area contributed by atoms with E-state index in [0.717, 1.165) is 19.3 Å². The summed E-state index contributed by atoms with van der Waals surface area (Å²) in [5.41, 5.74) is -0.511. The van der Waals surface area contributed by atoms with Gasteiger partial charge in [-0.2, -0.15) is 0 Å². The number of rotatable bonds is 3. The van der Waals surface area contributed by atoms with Crippen LogP contribution in [-0.2, 0) is 14.3 Å². The highest BCUT2D eigenvalue weighted by molar-refractivity contribution is 5.73. The molecule has 0 aromatic heterocycles. The maximum atomic E-state index is 12.1. The summed E-state index contributed by atoms with van der Waals surface area (Å²) in [5.74, 6) is -0.247. The Bertz CT molecular complexity index is 322. The van der Waals surface area contributed by atoms with Gasteiger partial charge >= 0.3 is 12.1 Å². The van der Waals surface area contributed by atoms with Gasteiger partial charge in [0.05, 0.1) is 13.0 Å². The van der Waals surface area contributed by atoms with Crippen LogP contribution in [0.25, 0.3) is 0 Å². The van der Waals surface area contributed by atoms with E-state index in [9.17, 15) is 9.59 Å². The summed E-state index contributed by atoms with van der Waals surface area (Å²) in [6.07, 6.45) is 2.74. The van der Waals surface area contributed by atoms with Gasteiger partial charge in [0.15, 0.2) is 0 Å².